The average Bonchev–Trinajstić information content (AvgIpc) is 3.28. The van der Waals surface area contributed by atoms with Crippen molar-refractivity contribution < 1.29 is 19.1 Å². The van der Waals surface area contributed by atoms with Crippen LogP contribution in [0, 0.1) is 5.92 Å². The Bertz CT molecular complexity index is 777. The number of hydrogen-bond acceptors (Lipinski definition) is 5. The van der Waals surface area contributed by atoms with Crippen LogP contribution in [0.2, 0.25) is 0 Å². The first kappa shape index (κ1) is 23.3. The van der Waals surface area contributed by atoms with Crippen molar-refractivity contribution in [3.63, 3.8) is 0 Å². The van der Waals surface area contributed by atoms with E-state index in [4.69, 9.17) is 10.5 Å². The van der Waals surface area contributed by atoms with Gasteiger partial charge in [-0.05, 0) is 43.4 Å². The van der Waals surface area contributed by atoms with Crippen molar-refractivity contribution in [2.24, 2.45) is 11.7 Å². The smallest absolute Gasteiger partial charge is 0.261 e. The molecule has 0 aliphatic carbocycles. The number of amides is 3. The highest BCUT2D eigenvalue weighted by Crippen LogP contribution is 2.26. The van der Waals surface area contributed by atoms with E-state index in [2.05, 4.69) is 13.8 Å². The minimum Gasteiger partial charge on any atom is -0.376 e. The van der Waals surface area contributed by atoms with E-state index in [9.17, 15) is 14.4 Å². The number of nitrogens with two attached hydrogens (primary N) is 1. The molecule has 0 radical (unpaired) electrons. The molecule has 1 saturated heterocycles. The van der Waals surface area contributed by atoms with Crippen LogP contribution in [0.5, 0.6) is 0 Å². The van der Waals surface area contributed by atoms with Gasteiger partial charge in [-0.2, -0.15) is 0 Å². The Balaban J connectivity index is 0.00000300. The summed E-state index contributed by atoms with van der Waals surface area (Å²) in [6.45, 7) is 5.57. The van der Waals surface area contributed by atoms with E-state index in [-0.39, 0.29) is 48.8 Å². The summed E-state index contributed by atoms with van der Waals surface area (Å²) in [5.74, 6) is -0.501. The molecule has 2 aliphatic heterocycles. The van der Waals surface area contributed by atoms with E-state index in [1.54, 1.807) is 24.1 Å². The van der Waals surface area contributed by atoms with Gasteiger partial charge in [-0.1, -0.05) is 13.8 Å². The highest BCUT2D eigenvalue weighted by molar-refractivity contribution is 6.22. The van der Waals surface area contributed by atoms with Crippen molar-refractivity contribution in [1.82, 2.24) is 9.80 Å². The van der Waals surface area contributed by atoms with Crippen molar-refractivity contribution in [1.29, 1.82) is 0 Å². The van der Waals surface area contributed by atoms with Crippen LogP contribution in [0.15, 0.2) is 18.2 Å². The summed E-state index contributed by atoms with van der Waals surface area (Å²) in [7, 11) is 1.72. The maximum atomic E-state index is 12.7. The van der Waals surface area contributed by atoms with Gasteiger partial charge in [-0.15, -0.1) is 12.4 Å². The van der Waals surface area contributed by atoms with Crippen molar-refractivity contribution >= 4 is 30.1 Å². The Morgan fingerprint density at radius 3 is 2.59 bits per heavy atom. The molecule has 2 N–H and O–H groups in total. The van der Waals surface area contributed by atoms with Gasteiger partial charge < -0.3 is 15.4 Å². The third-order valence-corrected chi connectivity index (χ3v) is 5.63. The van der Waals surface area contributed by atoms with Crippen LogP contribution >= 0.6 is 12.4 Å². The van der Waals surface area contributed by atoms with Crippen LogP contribution in [0.4, 0.5) is 0 Å². The number of ether oxygens (including phenoxy) is 1. The summed E-state index contributed by atoms with van der Waals surface area (Å²) in [5, 5.41) is 0. The summed E-state index contributed by atoms with van der Waals surface area (Å²) < 4.78 is 5.55. The fourth-order valence-corrected chi connectivity index (χ4v) is 3.58. The summed E-state index contributed by atoms with van der Waals surface area (Å²) in [6.07, 6.45) is 2.40. The van der Waals surface area contributed by atoms with E-state index in [0.29, 0.717) is 42.2 Å². The number of imide groups is 1. The lowest BCUT2D eigenvalue weighted by atomic mass is 10.0. The average molecular weight is 424 g/mol. The number of rotatable bonds is 7. The first-order chi connectivity index (χ1) is 13.3. The predicted octanol–water partition coefficient (Wildman–Crippen LogP) is 2.33. The molecule has 1 aromatic rings. The standard InChI is InChI=1S/C21H29N3O4.ClH/c1-13(2)18(22)8-9-23(3)19(25)14-6-7-16-17(11-14)21(27)24(20(16)26)12-15-5-4-10-28-15;/h6-7,11,13,15,18H,4-5,8-10,12,22H2,1-3H3;1H. The van der Waals surface area contributed by atoms with Gasteiger partial charge in [0.05, 0.1) is 23.8 Å². The Morgan fingerprint density at radius 1 is 1.28 bits per heavy atom. The van der Waals surface area contributed by atoms with E-state index < -0.39 is 0 Å². The maximum Gasteiger partial charge on any atom is 0.261 e. The number of halogens is 1. The van der Waals surface area contributed by atoms with Gasteiger partial charge in [0, 0.05) is 31.8 Å². The molecule has 3 amide bonds. The molecule has 0 bridgehead atoms. The highest BCUT2D eigenvalue weighted by Gasteiger charge is 2.38. The molecule has 0 spiro atoms. The van der Waals surface area contributed by atoms with Crippen LogP contribution in [-0.2, 0) is 4.74 Å². The molecular weight excluding hydrogens is 394 g/mol. The molecule has 29 heavy (non-hydrogen) atoms. The predicted molar refractivity (Wildman–Crippen MR) is 112 cm³/mol. The minimum atomic E-state index is -0.352. The molecule has 2 atom stereocenters. The molecule has 7 nitrogen and oxygen atoms in total. The number of nitrogens with zero attached hydrogens (tertiary/aromatic N) is 2. The molecular formula is C21H30ClN3O4. The zero-order chi connectivity index (χ0) is 20.4. The molecule has 1 fully saturated rings. The van der Waals surface area contributed by atoms with Crippen LogP contribution in [0.1, 0.15) is 64.2 Å². The monoisotopic (exact) mass is 423 g/mol. The molecule has 1 aromatic carbocycles. The Labute approximate surface area is 178 Å². The van der Waals surface area contributed by atoms with Gasteiger partial charge >= 0.3 is 0 Å². The van der Waals surface area contributed by atoms with Crippen LogP contribution in [-0.4, -0.2) is 66.4 Å². The number of carbonyl (C=O) groups is 3. The summed E-state index contributed by atoms with van der Waals surface area (Å²) >= 11 is 0. The second-order valence-electron chi connectivity index (χ2n) is 8.04. The molecule has 2 unspecified atom stereocenters. The zero-order valence-electron chi connectivity index (χ0n) is 17.2. The van der Waals surface area contributed by atoms with Crippen molar-refractivity contribution in [2.45, 2.75) is 45.3 Å². The van der Waals surface area contributed by atoms with Crippen molar-refractivity contribution in [3.8, 4) is 0 Å². The number of carbonyl (C=O) groups excluding carboxylic acids is 3. The molecule has 3 rings (SSSR count). The number of hydrogen-bond donors (Lipinski definition) is 1. The fourth-order valence-electron chi connectivity index (χ4n) is 3.58. The number of fused-ring (bicyclic) bond motifs is 1. The molecule has 160 valence electrons. The van der Waals surface area contributed by atoms with Gasteiger partial charge in [-0.25, -0.2) is 0 Å². The van der Waals surface area contributed by atoms with Gasteiger partial charge in [0.1, 0.15) is 0 Å². The maximum absolute atomic E-state index is 12.7. The van der Waals surface area contributed by atoms with Gasteiger partial charge in [0.2, 0.25) is 0 Å². The summed E-state index contributed by atoms with van der Waals surface area (Å²) in [6, 6.07) is 4.75. The highest BCUT2D eigenvalue weighted by atomic mass is 35.5. The lowest BCUT2D eigenvalue weighted by Gasteiger charge is -2.21. The van der Waals surface area contributed by atoms with E-state index in [1.807, 2.05) is 0 Å². The minimum absolute atomic E-state index is 0. The molecule has 2 aliphatic rings. The zero-order valence-corrected chi connectivity index (χ0v) is 18.0. The quantitative estimate of drug-likeness (QED) is 0.679. The van der Waals surface area contributed by atoms with E-state index in [1.165, 1.54) is 11.0 Å². The Kier molecular flexibility index (Phi) is 7.80. The lowest BCUT2D eigenvalue weighted by Crippen LogP contribution is -2.36. The van der Waals surface area contributed by atoms with Crippen LogP contribution in [0.25, 0.3) is 0 Å². The molecule has 0 saturated carbocycles. The van der Waals surface area contributed by atoms with Crippen LogP contribution in [0.3, 0.4) is 0 Å². The van der Waals surface area contributed by atoms with E-state index in [0.717, 1.165) is 12.8 Å². The largest absolute Gasteiger partial charge is 0.376 e. The van der Waals surface area contributed by atoms with Gasteiger partial charge in [-0.3, -0.25) is 19.3 Å². The summed E-state index contributed by atoms with van der Waals surface area (Å²) in [4.78, 5) is 40.9. The topological polar surface area (TPSA) is 92.9 Å². The van der Waals surface area contributed by atoms with Crippen molar-refractivity contribution in [2.75, 3.05) is 26.7 Å². The summed E-state index contributed by atoms with van der Waals surface area (Å²) in [5.41, 5.74) is 7.10. The van der Waals surface area contributed by atoms with Gasteiger partial charge in [0.15, 0.2) is 0 Å². The first-order valence-electron chi connectivity index (χ1n) is 9.92. The molecule has 0 aromatic heterocycles. The Hall–Kier alpha value is -1.96. The fraction of sp³-hybridized carbons (Fsp3) is 0.571. The SMILES string of the molecule is CC(C)C(N)CCN(C)C(=O)c1ccc2c(c1)C(=O)N(CC1CCCO1)C2=O.Cl. The van der Waals surface area contributed by atoms with E-state index >= 15 is 0 Å². The van der Waals surface area contributed by atoms with Crippen molar-refractivity contribution in [3.05, 3.63) is 34.9 Å². The molecule has 8 heteroatoms. The third-order valence-electron chi connectivity index (χ3n) is 5.63. The van der Waals surface area contributed by atoms with Crippen LogP contribution < -0.4 is 5.73 Å². The second-order valence-corrected chi connectivity index (χ2v) is 8.04. The first-order valence-corrected chi connectivity index (χ1v) is 9.92. The number of benzene rings is 1. The lowest BCUT2D eigenvalue weighted by molar-refractivity contribution is 0.0475. The normalized spacial score (nSPS) is 19.3. The molecule has 2 heterocycles. The third kappa shape index (κ3) is 4.97. The van der Waals surface area contributed by atoms with Gasteiger partial charge in [0.25, 0.3) is 17.7 Å². The second kappa shape index (κ2) is 9.69. The Morgan fingerprint density at radius 2 is 1.97 bits per heavy atom.